The molecular weight excluding hydrogens is 274 g/mol. The summed E-state index contributed by atoms with van der Waals surface area (Å²) in [6, 6.07) is 12.2. The van der Waals surface area contributed by atoms with Crippen LogP contribution in [0.3, 0.4) is 0 Å². The van der Waals surface area contributed by atoms with Crippen molar-refractivity contribution in [3.8, 4) is 0 Å². The first kappa shape index (κ1) is 16.4. The first-order valence-electron chi connectivity index (χ1n) is 7.94. The number of aromatic nitrogens is 2. The molecule has 0 saturated heterocycles. The third-order valence-electron chi connectivity index (χ3n) is 4.07. The van der Waals surface area contributed by atoms with Gasteiger partial charge in [0, 0.05) is 24.9 Å². The number of hydrogen-bond acceptors (Lipinski definition) is 4. The van der Waals surface area contributed by atoms with Gasteiger partial charge >= 0.3 is 0 Å². The second kappa shape index (κ2) is 8.49. The van der Waals surface area contributed by atoms with Crippen LogP contribution in [0.15, 0.2) is 48.8 Å². The second-order valence-corrected chi connectivity index (χ2v) is 5.75. The Morgan fingerprint density at radius 3 is 2.41 bits per heavy atom. The lowest BCUT2D eigenvalue weighted by Gasteiger charge is -2.24. The van der Waals surface area contributed by atoms with Gasteiger partial charge in [-0.2, -0.15) is 0 Å². The molecule has 118 valence electrons. The summed E-state index contributed by atoms with van der Waals surface area (Å²) in [6.45, 7) is 4.90. The molecule has 0 aliphatic carbocycles. The number of nitrogens with one attached hydrogen (secondary N) is 1. The van der Waals surface area contributed by atoms with Crippen molar-refractivity contribution in [3.05, 3.63) is 54.4 Å². The first-order chi connectivity index (χ1) is 10.7. The lowest BCUT2D eigenvalue weighted by Crippen LogP contribution is -2.23. The lowest BCUT2D eigenvalue weighted by atomic mass is 9.86. The predicted molar refractivity (Wildman–Crippen MR) is 89.8 cm³/mol. The Balaban J connectivity index is 2.05. The SMILES string of the molecule is CCC(O)C(C)CC(CNc1ncccn1)c1ccccc1. The molecule has 0 amide bonds. The molecule has 0 radical (unpaired) electrons. The van der Waals surface area contributed by atoms with E-state index >= 15 is 0 Å². The second-order valence-electron chi connectivity index (χ2n) is 5.75. The van der Waals surface area contributed by atoms with Crippen LogP contribution in [0.5, 0.6) is 0 Å². The zero-order valence-corrected chi connectivity index (χ0v) is 13.3. The van der Waals surface area contributed by atoms with Gasteiger partial charge in [-0.15, -0.1) is 0 Å². The van der Waals surface area contributed by atoms with E-state index < -0.39 is 0 Å². The maximum Gasteiger partial charge on any atom is 0.222 e. The zero-order valence-electron chi connectivity index (χ0n) is 13.3. The highest BCUT2D eigenvalue weighted by molar-refractivity contribution is 5.26. The number of hydrogen-bond donors (Lipinski definition) is 2. The Hall–Kier alpha value is -1.94. The fourth-order valence-corrected chi connectivity index (χ4v) is 2.68. The van der Waals surface area contributed by atoms with Crippen LogP contribution in [0.2, 0.25) is 0 Å². The third-order valence-corrected chi connectivity index (χ3v) is 4.07. The van der Waals surface area contributed by atoms with Crippen LogP contribution in [-0.2, 0) is 0 Å². The van der Waals surface area contributed by atoms with Gasteiger partial charge in [-0.05, 0) is 30.4 Å². The molecule has 2 aromatic rings. The molecule has 0 fully saturated rings. The highest BCUT2D eigenvalue weighted by atomic mass is 16.3. The smallest absolute Gasteiger partial charge is 0.222 e. The van der Waals surface area contributed by atoms with E-state index in [0.717, 1.165) is 19.4 Å². The fourth-order valence-electron chi connectivity index (χ4n) is 2.68. The van der Waals surface area contributed by atoms with Gasteiger partial charge in [-0.25, -0.2) is 9.97 Å². The van der Waals surface area contributed by atoms with Gasteiger partial charge in [-0.1, -0.05) is 44.2 Å². The van der Waals surface area contributed by atoms with Crippen molar-refractivity contribution in [1.82, 2.24) is 9.97 Å². The average Bonchev–Trinajstić information content (AvgIpc) is 2.59. The van der Waals surface area contributed by atoms with E-state index in [2.05, 4.69) is 46.5 Å². The molecule has 0 aliphatic heterocycles. The molecule has 22 heavy (non-hydrogen) atoms. The highest BCUT2D eigenvalue weighted by Crippen LogP contribution is 2.26. The van der Waals surface area contributed by atoms with Crippen molar-refractivity contribution in [2.75, 3.05) is 11.9 Å². The molecule has 2 N–H and O–H groups in total. The van der Waals surface area contributed by atoms with Crippen LogP contribution in [0.4, 0.5) is 5.95 Å². The minimum Gasteiger partial charge on any atom is -0.393 e. The molecular formula is C18H25N3O. The van der Waals surface area contributed by atoms with E-state index in [4.69, 9.17) is 0 Å². The Morgan fingerprint density at radius 1 is 1.09 bits per heavy atom. The Bertz CT molecular complexity index is 533. The van der Waals surface area contributed by atoms with Gasteiger partial charge in [0.15, 0.2) is 0 Å². The molecule has 0 spiro atoms. The number of nitrogens with zero attached hydrogens (tertiary/aromatic N) is 2. The maximum absolute atomic E-state index is 10.1. The van der Waals surface area contributed by atoms with E-state index in [1.807, 2.05) is 13.0 Å². The molecule has 1 heterocycles. The molecule has 1 aromatic heterocycles. The molecule has 3 unspecified atom stereocenters. The summed E-state index contributed by atoms with van der Waals surface area (Å²) in [4.78, 5) is 8.41. The fraction of sp³-hybridized carbons (Fsp3) is 0.444. The van der Waals surface area contributed by atoms with Crippen LogP contribution in [0, 0.1) is 5.92 Å². The van der Waals surface area contributed by atoms with Crippen molar-refractivity contribution < 1.29 is 5.11 Å². The summed E-state index contributed by atoms with van der Waals surface area (Å²) >= 11 is 0. The van der Waals surface area contributed by atoms with Crippen LogP contribution >= 0.6 is 0 Å². The number of anilines is 1. The normalized spacial score (nSPS) is 15.0. The van der Waals surface area contributed by atoms with E-state index in [0.29, 0.717) is 11.9 Å². The molecule has 4 nitrogen and oxygen atoms in total. The Labute approximate surface area is 132 Å². The molecule has 2 rings (SSSR count). The molecule has 1 aromatic carbocycles. The summed E-state index contributed by atoms with van der Waals surface area (Å²) in [5.74, 6) is 1.22. The van der Waals surface area contributed by atoms with Crippen molar-refractivity contribution in [2.24, 2.45) is 5.92 Å². The van der Waals surface area contributed by atoms with Crippen LogP contribution in [0.25, 0.3) is 0 Å². The summed E-state index contributed by atoms with van der Waals surface area (Å²) < 4.78 is 0. The van der Waals surface area contributed by atoms with Crippen LogP contribution < -0.4 is 5.32 Å². The van der Waals surface area contributed by atoms with Gasteiger partial charge in [0.05, 0.1) is 6.10 Å². The number of aliphatic hydroxyl groups excluding tert-OH is 1. The van der Waals surface area contributed by atoms with Gasteiger partial charge in [0.2, 0.25) is 5.95 Å². The van der Waals surface area contributed by atoms with Gasteiger partial charge < -0.3 is 10.4 Å². The summed E-state index contributed by atoms with van der Waals surface area (Å²) in [5.41, 5.74) is 1.28. The Morgan fingerprint density at radius 2 is 1.77 bits per heavy atom. The van der Waals surface area contributed by atoms with Crippen molar-refractivity contribution in [3.63, 3.8) is 0 Å². The third kappa shape index (κ3) is 4.81. The quantitative estimate of drug-likeness (QED) is 0.783. The lowest BCUT2D eigenvalue weighted by molar-refractivity contribution is 0.104. The van der Waals surface area contributed by atoms with E-state index in [1.54, 1.807) is 18.5 Å². The van der Waals surface area contributed by atoms with E-state index in [1.165, 1.54) is 5.56 Å². The topological polar surface area (TPSA) is 58.0 Å². The van der Waals surface area contributed by atoms with Crippen molar-refractivity contribution >= 4 is 5.95 Å². The maximum atomic E-state index is 10.1. The molecule has 0 aliphatic rings. The number of benzene rings is 1. The van der Waals surface area contributed by atoms with Crippen molar-refractivity contribution in [2.45, 2.75) is 38.7 Å². The number of rotatable bonds is 8. The van der Waals surface area contributed by atoms with Gasteiger partial charge in [0.25, 0.3) is 0 Å². The largest absolute Gasteiger partial charge is 0.393 e. The molecule has 3 atom stereocenters. The summed E-state index contributed by atoms with van der Waals surface area (Å²) in [5, 5.41) is 13.4. The van der Waals surface area contributed by atoms with E-state index in [9.17, 15) is 5.11 Å². The molecule has 0 bridgehead atoms. The molecule has 4 heteroatoms. The summed E-state index contributed by atoms with van der Waals surface area (Å²) in [6.07, 6.45) is 4.93. The summed E-state index contributed by atoms with van der Waals surface area (Å²) in [7, 11) is 0. The number of aliphatic hydroxyl groups is 1. The van der Waals surface area contributed by atoms with Crippen LogP contribution in [-0.4, -0.2) is 27.7 Å². The van der Waals surface area contributed by atoms with Gasteiger partial charge in [0.1, 0.15) is 0 Å². The average molecular weight is 299 g/mol. The molecule has 0 saturated carbocycles. The van der Waals surface area contributed by atoms with Crippen molar-refractivity contribution in [1.29, 1.82) is 0 Å². The van der Waals surface area contributed by atoms with E-state index in [-0.39, 0.29) is 12.0 Å². The Kier molecular flexibility index (Phi) is 6.34. The predicted octanol–water partition coefficient (Wildman–Crippen LogP) is 3.47. The van der Waals surface area contributed by atoms with Crippen LogP contribution in [0.1, 0.15) is 38.2 Å². The van der Waals surface area contributed by atoms with Gasteiger partial charge in [-0.3, -0.25) is 0 Å². The minimum atomic E-state index is -0.251. The zero-order chi connectivity index (χ0) is 15.8. The highest BCUT2D eigenvalue weighted by Gasteiger charge is 2.20. The monoisotopic (exact) mass is 299 g/mol. The minimum absolute atomic E-state index is 0.251. The standard InChI is InChI=1S/C18H25N3O/c1-3-17(22)14(2)12-16(15-8-5-4-6-9-15)13-21-18-19-10-7-11-20-18/h4-11,14,16-17,22H,3,12-13H2,1-2H3,(H,19,20,21). The first-order valence-corrected chi connectivity index (χ1v) is 7.94.